The molecule has 2 aromatic rings. The maximum absolute atomic E-state index is 5.81. The molecular formula is C16H20N4. The molecule has 1 fully saturated rings. The largest absolute Gasteiger partial charge is 0.399 e. The molecule has 0 bridgehead atoms. The first-order chi connectivity index (χ1) is 9.74. The fraction of sp³-hybridized carbons (Fsp3) is 0.375. The maximum atomic E-state index is 5.81. The van der Waals surface area contributed by atoms with Crippen LogP contribution in [-0.4, -0.2) is 17.0 Å². The van der Waals surface area contributed by atoms with E-state index in [0.29, 0.717) is 11.9 Å². The first-order valence-corrected chi connectivity index (χ1v) is 7.15. The van der Waals surface area contributed by atoms with E-state index in [0.717, 1.165) is 11.4 Å². The lowest BCUT2D eigenvalue weighted by atomic mass is 10.0. The quantitative estimate of drug-likeness (QED) is 0.866. The van der Waals surface area contributed by atoms with Gasteiger partial charge < -0.3 is 10.6 Å². The van der Waals surface area contributed by atoms with Gasteiger partial charge in [0.25, 0.3) is 0 Å². The Bertz CT molecular complexity index is 573. The van der Waals surface area contributed by atoms with Crippen LogP contribution in [0.3, 0.4) is 0 Å². The molecule has 3 rings (SSSR count). The van der Waals surface area contributed by atoms with E-state index in [2.05, 4.69) is 9.97 Å². The second-order valence-corrected chi connectivity index (χ2v) is 5.45. The van der Waals surface area contributed by atoms with E-state index < -0.39 is 0 Å². The van der Waals surface area contributed by atoms with E-state index in [1.807, 2.05) is 48.6 Å². The molecular weight excluding hydrogens is 248 g/mol. The zero-order valence-electron chi connectivity index (χ0n) is 11.8. The molecule has 0 atom stereocenters. The van der Waals surface area contributed by atoms with Gasteiger partial charge in [0.05, 0.1) is 0 Å². The molecule has 4 nitrogen and oxygen atoms in total. The standard InChI is InChI=1S/C16H20N4/c1-20(15-8-4-7-14(17)9-15)16-18-10-13(11-19-16)12-5-2-3-6-12/h4,7-12H,2-3,5-6,17H2,1H3. The van der Waals surface area contributed by atoms with Gasteiger partial charge in [0.2, 0.25) is 5.95 Å². The highest BCUT2D eigenvalue weighted by atomic mass is 15.2. The molecule has 1 aliphatic carbocycles. The van der Waals surface area contributed by atoms with Gasteiger partial charge >= 0.3 is 0 Å². The van der Waals surface area contributed by atoms with Crippen LogP contribution in [0, 0.1) is 0 Å². The molecule has 2 N–H and O–H groups in total. The smallest absolute Gasteiger partial charge is 0.229 e. The number of hydrogen-bond acceptors (Lipinski definition) is 4. The molecule has 0 radical (unpaired) electrons. The molecule has 4 heteroatoms. The lowest BCUT2D eigenvalue weighted by molar-refractivity contribution is 0.713. The fourth-order valence-electron chi connectivity index (χ4n) is 2.82. The Balaban J connectivity index is 1.80. The van der Waals surface area contributed by atoms with Crippen molar-refractivity contribution in [2.24, 2.45) is 0 Å². The summed E-state index contributed by atoms with van der Waals surface area (Å²) in [7, 11) is 1.96. The van der Waals surface area contributed by atoms with E-state index in [1.54, 1.807) is 0 Å². The van der Waals surface area contributed by atoms with Crippen LogP contribution < -0.4 is 10.6 Å². The summed E-state index contributed by atoms with van der Waals surface area (Å²) in [6.07, 6.45) is 9.15. The third-order valence-electron chi connectivity index (χ3n) is 4.04. The van der Waals surface area contributed by atoms with E-state index in [-0.39, 0.29) is 0 Å². The summed E-state index contributed by atoms with van der Waals surface area (Å²) in [5, 5.41) is 0. The summed E-state index contributed by atoms with van der Waals surface area (Å²) in [5.41, 5.74) is 8.83. The second kappa shape index (κ2) is 5.49. The van der Waals surface area contributed by atoms with Crippen LogP contribution in [-0.2, 0) is 0 Å². The predicted octanol–water partition coefficient (Wildman–Crippen LogP) is 3.48. The van der Waals surface area contributed by atoms with Crippen molar-refractivity contribution < 1.29 is 0 Å². The minimum atomic E-state index is 0.654. The molecule has 0 amide bonds. The highest BCUT2D eigenvalue weighted by molar-refractivity contribution is 5.61. The molecule has 0 unspecified atom stereocenters. The van der Waals surface area contributed by atoms with Crippen LogP contribution >= 0.6 is 0 Å². The van der Waals surface area contributed by atoms with Gasteiger partial charge in [0.15, 0.2) is 0 Å². The van der Waals surface area contributed by atoms with Crippen molar-refractivity contribution >= 4 is 17.3 Å². The van der Waals surface area contributed by atoms with Crippen LogP contribution in [0.25, 0.3) is 0 Å². The first kappa shape index (κ1) is 12.9. The Labute approximate surface area is 119 Å². The van der Waals surface area contributed by atoms with Crippen LogP contribution in [0.2, 0.25) is 0 Å². The molecule has 0 saturated heterocycles. The SMILES string of the molecule is CN(c1cccc(N)c1)c1ncc(C2CCCC2)cn1. The average molecular weight is 268 g/mol. The molecule has 1 saturated carbocycles. The van der Waals surface area contributed by atoms with Gasteiger partial charge in [-0.05, 0) is 42.5 Å². The summed E-state index contributed by atoms with van der Waals surface area (Å²) in [6.45, 7) is 0. The molecule has 1 aromatic heterocycles. The highest BCUT2D eigenvalue weighted by Gasteiger charge is 2.18. The number of hydrogen-bond donors (Lipinski definition) is 1. The molecule has 104 valence electrons. The van der Waals surface area contributed by atoms with Gasteiger partial charge in [-0.3, -0.25) is 0 Å². The fourth-order valence-corrected chi connectivity index (χ4v) is 2.82. The Kier molecular flexibility index (Phi) is 3.54. The maximum Gasteiger partial charge on any atom is 0.229 e. The predicted molar refractivity (Wildman–Crippen MR) is 82.2 cm³/mol. The Hall–Kier alpha value is -2.10. The molecule has 20 heavy (non-hydrogen) atoms. The lowest BCUT2D eigenvalue weighted by Gasteiger charge is -2.18. The zero-order chi connectivity index (χ0) is 13.9. The van der Waals surface area contributed by atoms with Gasteiger partial charge in [-0.25, -0.2) is 9.97 Å². The summed E-state index contributed by atoms with van der Waals surface area (Å²) in [5.74, 6) is 1.36. The van der Waals surface area contributed by atoms with Gasteiger partial charge in [-0.15, -0.1) is 0 Å². The Morgan fingerprint density at radius 1 is 1.15 bits per heavy atom. The monoisotopic (exact) mass is 268 g/mol. The summed E-state index contributed by atoms with van der Waals surface area (Å²) in [6, 6.07) is 7.74. The van der Waals surface area contributed by atoms with Gasteiger partial charge in [-0.2, -0.15) is 0 Å². The number of aromatic nitrogens is 2. The van der Waals surface area contributed by atoms with Gasteiger partial charge in [0.1, 0.15) is 0 Å². The zero-order valence-corrected chi connectivity index (χ0v) is 11.8. The van der Waals surface area contributed by atoms with Crippen molar-refractivity contribution in [3.8, 4) is 0 Å². The van der Waals surface area contributed by atoms with E-state index in [9.17, 15) is 0 Å². The Morgan fingerprint density at radius 3 is 2.50 bits per heavy atom. The van der Waals surface area contributed by atoms with Crippen molar-refractivity contribution in [3.63, 3.8) is 0 Å². The third-order valence-corrected chi connectivity index (χ3v) is 4.04. The normalized spacial score (nSPS) is 15.4. The lowest BCUT2D eigenvalue weighted by Crippen LogP contribution is -2.13. The van der Waals surface area contributed by atoms with E-state index in [1.165, 1.54) is 31.2 Å². The van der Waals surface area contributed by atoms with Gasteiger partial charge in [-0.1, -0.05) is 18.9 Å². The molecule has 1 aromatic carbocycles. The van der Waals surface area contributed by atoms with Crippen LogP contribution in [0.1, 0.15) is 37.2 Å². The second-order valence-electron chi connectivity index (χ2n) is 5.45. The van der Waals surface area contributed by atoms with Crippen molar-refractivity contribution in [1.29, 1.82) is 0 Å². The van der Waals surface area contributed by atoms with Gasteiger partial charge in [0, 0.05) is 30.8 Å². The minimum Gasteiger partial charge on any atom is -0.399 e. The molecule has 1 aliphatic rings. The summed E-state index contributed by atoms with van der Waals surface area (Å²) < 4.78 is 0. The Morgan fingerprint density at radius 2 is 1.85 bits per heavy atom. The minimum absolute atomic E-state index is 0.654. The third kappa shape index (κ3) is 2.59. The van der Waals surface area contributed by atoms with Crippen molar-refractivity contribution in [1.82, 2.24) is 9.97 Å². The average Bonchev–Trinajstić information content (AvgIpc) is 3.01. The van der Waals surface area contributed by atoms with E-state index >= 15 is 0 Å². The number of nitrogens with zero attached hydrogens (tertiary/aromatic N) is 3. The molecule has 0 spiro atoms. The molecule has 0 aliphatic heterocycles. The van der Waals surface area contributed by atoms with Crippen molar-refractivity contribution in [3.05, 3.63) is 42.2 Å². The number of benzene rings is 1. The summed E-state index contributed by atoms with van der Waals surface area (Å²) >= 11 is 0. The highest BCUT2D eigenvalue weighted by Crippen LogP contribution is 2.33. The number of anilines is 3. The topological polar surface area (TPSA) is 55.0 Å². The number of nitrogen functional groups attached to an aromatic ring is 1. The van der Waals surface area contributed by atoms with Crippen LogP contribution in [0.5, 0.6) is 0 Å². The van der Waals surface area contributed by atoms with Crippen LogP contribution in [0.15, 0.2) is 36.7 Å². The van der Waals surface area contributed by atoms with Crippen LogP contribution in [0.4, 0.5) is 17.3 Å². The van der Waals surface area contributed by atoms with Crippen molar-refractivity contribution in [2.45, 2.75) is 31.6 Å². The summed E-state index contributed by atoms with van der Waals surface area (Å²) in [4.78, 5) is 11.0. The number of rotatable bonds is 3. The molecule has 1 heterocycles. The number of nitrogens with two attached hydrogens (primary N) is 1. The van der Waals surface area contributed by atoms with Crippen molar-refractivity contribution in [2.75, 3.05) is 17.7 Å². The first-order valence-electron chi connectivity index (χ1n) is 7.15. The van der Waals surface area contributed by atoms with E-state index in [4.69, 9.17) is 5.73 Å².